The van der Waals surface area contributed by atoms with E-state index in [-0.39, 0.29) is 11.5 Å². The summed E-state index contributed by atoms with van der Waals surface area (Å²) >= 11 is 1.38. The summed E-state index contributed by atoms with van der Waals surface area (Å²) in [5.74, 6) is 1.77. The van der Waals surface area contributed by atoms with Gasteiger partial charge < -0.3 is 4.74 Å². The lowest BCUT2D eigenvalue weighted by Crippen LogP contribution is -2.13. The van der Waals surface area contributed by atoms with E-state index in [1.54, 1.807) is 18.8 Å². The molecule has 29 heavy (non-hydrogen) atoms. The molecule has 0 bridgehead atoms. The summed E-state index contributed by atoms with van der Waals surface area (Å²) in [6.45, 7) is 1.88. The Balaban J connectivity index is 1.58. The van der Waals surface area contributed by atoms with Gasteiger partial charge in [0.25, 0.3) is 5.56 Å². The molecule has 0 aliphatic carbocycles. The number of tetrazole rings is 1. The lowest BCUT2D eigenvalue weighted by Gasteiger charge is -2.09. The molecule has 0 amide bonds. The zero-order valence-corrected chi connectivity index (χ0v) is 16.7. The van der Waals surface area contributed by atoms with Gasteiger partial charge in [0.15, 0.2) is 0 Å². The Labute approximate surface area is 168 Å². The van der Waals surface area contributed by atoms with E-state index in [1.807, 2.05) is 25.1 Å². The van der Waals surface area contributed by atoms with E-state index in [9.17, 15) is 4.79 Å². The van der Waals surface area contributed by atoms with E-state index in [4.69, 9.17) is 4.74 Å². The van der Waals surface area contributed by atoms with E-state index in [0.29, 0.717) is 22.6 Å². The van der Waals surface area contributed by atoms with E-state index >= 15 is 0 Å². The van der Waals surface area contributed by atoms with E-state index < -0.39 is 0 Å². The second-order valence-electron chi connectivity index (χ2n) is 6.10. The average molecular weight is 411 g/mol. The number of nitrogens with zero attached hydrogens (tertiary/aromatic N) is 7. The number of aryl methyl sites for hydroxylation is 2. The molecule has 3 aromatic heterocycles. The molecule has 4 rings (SSSR count). The number of hydrogen-bond donors (Lipinski definition) is 2. The molecular weight excluding hydrogens is 394 g/mol. The molecule has 1 aromatic carbocycles. The summed E-state index contributed by atoms with van der Waals surface area (Å²) in [5.41, 5.74) is 1.83. The summed E-state index contributed by atoms with van der Waals surface area (Å²) in [7, 11) is 3.36. The smallest absolute Gasteiger partial charge is 0.252 e. The molecule has 3 heterocycles. The minimum Gasteiger partial charge on any atom is -0.497 e. The first-order valence-corrected chi connectivity index (χ1v) is 9.55. The number of fused-ring (bicyclic) bond motifs is 1. The maximum atomic E-state index is 12.0. The highest BCUT2D eigenvalue weighted by Gasteiger charge is 2.10. The van der Waals surface area contributed by atoms with Crippen molar-refractivity contribution in [3.63, 3.8) is 0 Å². The van der Waals surface area contributed by atoms with E-state index in [2.05, 4.69) is 40.8 Å². The molecule has 0 atom stereocenters. The molecule has 11 nitrogen and oxygen atoms in total. The van der Waals surface area contributed by atoms with Crippen LogP contribution in [0.5, 0.6) is 5.75 Å². The van der Waals surface area contributed by atoms with Gasteiger partial charge in [-0.2, -0.15) is 0 Å². The van der Waals surface area contributed by atoms with Crippen LogP contribution in [0.3, 0.4) is 0 Å². The number of methoxy groups -OCH3 is 1. The van der Waals surface area contributed by atoms with E-state index in [0.717, 1.165) is 22.3 Å². The van der Waals surface area contributed by atoms with Crippen LogP contribution in [0.2, 0.25) is 0 Å². The highest BCUT2D eigenvalue weighted by atomic mass is 32.2. The zero-order valence-electron chi connectivity index (χ0n) is 15.9. The second kappa shape index (κ2) is 7.83. The zero-order chi connectivity index (χ0) is 20.4. The molecule has 12 heteroatoms. The summed E-state index contributed by atoms with van der Waals surface area (Å²) in [6.07, 6.45) is 0. The van der Waals surface area contributed by atoms with Crippen molar-refractivity contribution >= 4 is 34.6 Å². The van der Waals surface area contributed by atoms with Crippen LogP contribution < -0.4 is 15.6 Å². The SMILES string of the molecule is COc1ccc2nc(Nc3nc(CSc4nnnn4C)cc(=O)[nH]3)nc(C)c2c1. The number of aromatic nitrogens is 8. The van der Waals surface area contributed by atoms with Gasteiger partial charge in [0.05, 0.1) is 24.0 Å². The van der Waals surface area contributed by atoms with Crippen LogP contribution in [0, 0.1) is 6.92 Å². The number of thioether (sulfide) groups is 1. The standard InChI is InChI=1S/C17H17N9O2S/c1-9-12-7-11(28-3)4-5-13(12)20-15(18-9)22-16-19-10(6-14(27)21-16)8-29-17-23-24-25-26(17)2/h4-7H,8H2,1-3H3,(H2,18,19,20,21,22,27). The van der Waals surface area contributed by atoms with Crippen LogP contribution in [0.15, 0.2) is 34.2 Å². The van der Waals surface area contributed by atoms with Gasteiger partial charge in [0.2, 0.25) is 17.1 Å². The highest BCUT2D eigenvalue weighted by Crippen LogP contribution is 2.23. The van der Waals surface area contributed by atoms with Gasteiger partial charge in [-0.3, -0.25) is 15.1 Å². The van der Waals surface area contributed by atoms with Crippen molar-refractivity contribution in [1.29, 1.82) is 0 Å². The Kier molecular flexibility index (Phi) is 5.08. The van der Waals surface area contributed by atoms with Crippen LogP contribution >= 0.6 is 11.8 Å². The third-order valence-corrected chi connectivity index (χ3v) is 5.09. The topological polar surface area (TPSA) is 136 Å². The number of rotatable bonds is 6. The normalized spacial score (nSPS) is 11.0. The third-order valence-electron chi connectivity index (χ3n) is 4.05. The van der Waals surface area contributed by atoms with Gasteiger partial charge in [-0.1, -0.05) is 11.8 Å². The lowest BCUT2D eigenvalue weighted by atomic mass is 10.2. The molecule has 0 spiro atoms. The molecule has 2 N–H and O–H groups in total. The highest BCUT2D eigenvalue weighted by molar-refractivity contribution is 7.98. The Morgan fingerprint density at radius 3 is 2.86 bits per heavy atom. The number of hydrogen-bond acceptors (Lipinski definition) is 10. The van der Waals surface area contributed by atoms with Gasteiger partial charge in [0, 0.05) is 24.3 Å². The maximum absolute atomic E-state index is 12.0. The average Bonchev–Trinajstić information content (AvgIpc) is 3.10. The minimum absolute atomic E-state index is 0.261. The van der Waals surface area contributed by atoms with Crippen molar-refractivity contribution in [3.8, 4) is 5.75 Å². The number of nitrogens with one attached hydrogen (secondary N) is 2. The third kappa shape index (κ3) is 4.16. The first-order valence-electron chi connectivity index (χ1n) is 8.56. The monoisotopic (exact) mass is 411 g/mol. The molecule has 0 aliphatic rings. The van der Waals surface area contributed by atoms with Crippen molar-refractivity contribution in [2.75, 3.05) is 12.4 Å². The fourth-order valence-corrected chi connectivity index (χ4v) is 3.41. The maximum Gasteiger partial charge on any atom is 0.252 e. The molecule has 0 aliphatic heterocycles. The summed E-state index contributed by atoms with van der Waals surface area (Å²) in [6, 6.07) is 7.00. The van der Waals surface area contributed by atoms with Crippen LogP contribution in [0.4, 0.5) is 11.9 Å². The summed E-state index contributed by atoms with van der Waals surface area (Å²) in [4.78, 5) is 28.1. The van der Waals surface area contributed by atoms with Gasteiger partial charge in [-0.15, -0.1) is 5.10 Å². The number of H-pyrrole nitrogens is 1. The quantitative estimate of drug-likeness (QED) is 0.450. The first-order chi connectivity index (χ1) is 14.0. The van der Waals surface area contributed by atoms with E-state index in [1.165, 1.54) is 17.8 Å². The Bertz CT molecular complexity index is 1240. The Hall–Kier alpha value is -3.54. The van der Waals surface area contributed by atoms with Gasteiger partial charge in [-0.05, 0) is 35.5 Å². The predicted molar refractivity (Wildman–Crippen MR) is 107 cm³/mol. The molecular formula is C17H17N9O2S. The molecule has 148 valence electrons. The lowest BCUT2D eigenvalue weighted by molar-refractivity contribution is 0.415. The van der Waals surface area contributed by atoms with Crippen LogP contribution in [-0.4, -0.2) is 47.3 Å². The van der Waals surface area contributed by atoms with Crippen LogP contribution in [0.1, 0.15) is 11.4 Å². The largest absolute Gasteiger partial charge is 0.497 e. The number of ether oxygens (including phenoxy) is 1. The van der Waals surface area contributed by atoms with Gasteiger partial charge >= 0.3 is 0 Å². The van der Waals surface area contributed by atoms with Gasteiger partial charge in [-0.25, -0.2) is 19.6 Å². The summed E-state index contributed by atoms with van der Waals surface area (Å²) < 4.78 is 6.80. The molecule has 0 fully saturated rings. The Morgan fingerprint density at radius 1 is 1.24 bits per heavy atom. The van der Waals surface area contributed by atoms with Crippen LogP contribution in [-0.2, 0) is 12.8 Å². The second-order valence-corrected chi connectivity index (χ2v) is 7.04. The van der Waals surface area contributed by atoms with Gasteiger partial charge in [0.1, 0.15) is 5.75 Å². The number of benzene rings is 1. The summed E-state index contributed by atoms with van der Waals surface area (Å²) in [5, 5.41) is 15.8. The van der Waals surface area contributed by atoms with Crippen molar-refractivity contribution in [2.45, 2.75) is 17.8 Å². The Morgan fingerprint density at radius 2 is 2.10 bits per heavy atom. The fourth-order valence-electron chi connectivity index (χ4n) is 2.67. The van der Waals surface area contributed by atoms with Crippen LogP contribution in [0.25, 0.3) is 10.9 Å². The fraction of sp³-hybridized carbons (Fsp3) is 0.235. The molecule has 4 aromatic rings. The van der Waals surface area contributed by atoms with Crippen molar-refractivity contribution in [2.24, 2.45) is 7.05 Å². The van der Waals surface area contributed by atoms with Crippen molar-refractivity contribution in [3.05, 3.63) is 46.0 Å². The number of aromatic amines is 1. The first kappa shape index (κ1) is 18.8. The molecule has 0 saturated heterocycles. The molecule has 0 unspecified atom stereocenters. The predicted octanol–water partition coefficient (Wildman–Crippen LogP) is 1.59. The number of anilines is 2. The molecule has 0 radical (unpaired) electrons. The minimum atomic E-state index is -0.281. The van der Waals surface area contributed by atoms with Crippen molar-refractivity contribution in [1.82, 2.24) is 40.1 Å². The van der Waals surface area contributed by atoms with Crippen molar-refractivity contribution < 1.29 is 4.74 Å². The molecule has 0 saturated carbocycles.